The Labute approximate surface area is 191 Å². The second-order valence-corrected chi connectivity index (χ2v) is 9.90. The number of piperidine rings is 1. The minimum absolute atomic E-state index is 0.0831. The second kappa shape index (κ2) is 9.40. The zero-order valence-corrected chi connectivity index (χ0v) is 19.0. The number of aromatic nitrogens is 2. The Bertz CT molecular complexity index is 1220. The first kappa shape index (κ1) is 22.4. The Hall–Kier alpha value is -2.75. The Balaban J connectivity index is 1.47. The SMILES string of the molecule is Cc1ccc(S(=O)(=O)N2CCCCC2)cc1C(=O)OCc1nnc(-c2ccc(Cl)cc2)o1. The third kappa shape index (κ3) is 4.85. The summed E-state index contributed by atoms with van der Waals surface area (Å²) >= 11 is 5.88. The van der Waals surface area contributed by atoms with Crippen molar-refractivity contribution >= 4 is 27.6 Å². The molecule has 1 aliphatic heterocycles. The lowest BCUT2D eigenvalue weighted by molar-refractivity contribution is 0.0437. The minimum atomic E-state index is -3.66. The molecule has 0 radical (unpaired) electrons. The highest BCUT2D eigenvalue weighted by atomic mass is 35.5. The number of rotatable bonds is 6. The number of carbonyl (C=O) groups is 1. The zero-order chi connectivity index (χ0) is 22.7. The molecule has 8 nitrogen and oxygen atoms in total. The van der Waals surface area contributed by atoms with Gasteiger partial charge in [-0.25, -0.2) is 13.2 Å². The van der Waals surface area contributed by atoms with Gasteiger partial charge >= 0.3 is 5.97 Å². The van der Waals surface area contributed by atoms with Crippen LogP contribution in [0.5, 0.6) is 0 Å². The number of sulfonamides is 1. The van der Waals surface area contributed by atoms with Crippen LogP contribution in [0.3, 0.4) is 0 Å². The largest absolute Gasteiger partial charge is 0.452 e. The number of carbonyl (C=O) groups excluding carboxylic acids is 1. The Kier molecular flexibility index (Phi) is 6.59. The zero-order valence-electron chi connectivity index (χ0n) is 17.5. The highest BCUT2D eigenvalue weighted by molar-refractivity contribution is 7.89. The fourth-order valence-electron chi connectivity index (χ4n) is 3.46. The summed E-state index contributed by atoms with van der Waals surface area (Å²) in [7, 11) is -3.66. The van der Waals surface area contributed by atoms with Crippen molar-refractivity contribution < 1.29 is 22.4 Å². The molecule has 0 saturated carbocycles. The average molecular weight is 476 g/mol. The third-order valence-corrected chi connectivity index (χ3v) is 7.41. The number of hydrogen-bond donors (Lipinski definition) is 0. The van der Waals surface area contributed by atoms with Gasteiger partial charge in [-0.2, -0.15) is 4.31 Å². The van der Waals surface area contributed by atoms with Crippen molar-refractivity contribution in [1.82, 2.24) is 14.5 Å². The number of ether oxygens (including phenoxy) is 1. The Morgan fingerprint density at radius 1 is 1.09 bits per heavy atom. The van der Waals surface area contributed by atoms with Gasteiger partial charge < -0.3 is 9.15 Å². The monoisotopic (exact) mass is 475 g/mol. The highest BCUT2D eigenvalue weighted by Crippen LogP contribution is 2.24. The molecule has 32 heavy (non-hydrogen) atoms. The first-order chi connectivity index (χ1) is 15.3. The molecule has 0 atom stereocenters. The first-order valence-electron chi connectivity index (χ1n) is 10.2. The van der Waals surface area contributed by atoms with Gasteiger partial charge in [0.05, 0.1) is 10.5 Å². The molecule has 2 heterocycles. The van der Waals surface area contributed by atoms with Crippen LogP contribution in [0, 0.1) is 6.92 Å². The van der Waals surface area contributed by atoms with E-state index in [0.717, 1.165) is 19.3 Å². The van der Waals surface area contributed by atoms with Crippen LogP contribution in [0.4, 0.5) is 0 Å². The molecule has 0 bridgehead atoms. The summed E-state index contributed by atoms with van der Waals surface area (Å²) in [5.41, 5.74) is 1.48. The van der Waals surface area contributed by atoms with Crippen molar-refractivity contribution in [2.45, 2.75) is 37.7 Å². The third-order valence-electron chi connectivity index (χ3n) is 5.27. The van der Waals surface area contributed by atoms with E-state index in [0.29, 0.717) is 29.2 Å². The first-order valence-corrected chi connectivity index (χ1v) is 12.0. The Morgan fingerprint density at radius 3 is 2.53 bits per heavy atom. The maximum absolute atomic E-state index is 12.9. The summed E-state index contributed by atoms with van der Waals surface area (Å²) in [5, 5.41) is 8.42. The molecule has 0 aliphatic carbocycles. The van der Waals surface area contributed by atoms with Gasteiger partial charge in [-0.1, -0.05) is 24.1 Å². The van der Waals surface area contributed by atoms with Gasteiger partial charge in [0.25, 0.3) is 5.89 Å². The van der Waals surface area contributed by atoms with E-state index in [4.69, 9.17) is 20.8 Å². The van der Waals surface area contributed by atoms with Crippen molar-refractivity contribution in [2.75, 3.05) is 13.1 Å². The lowest BCUT2D eigenvalue weighted by Gasteiger charge is -2.26. The molecule has 1 fully saturated rings. The standard InChI is InChI=1S/C22H22ClN3O5S/c1-15-5-10-18(32(28,29)26-11-3-2-4-12-26)13-19(15)22(27)30-14-20-24-25-21(31-20)16-6-8-17(23)9-7-16/h5-10,13H,2-4,11-12,14H2,1H3. The maximum atomic E-state index is 12.9. The smallest absolute Gasteiger partial charge is 0.338 e. The van der Waals surface area contributed by atoms with E-state index < -0.39 is 16.0 Å². The molecule has 2 aromatic carbocycles. The molecule has 3 aromatic rings. The highest BCUT2D eigenvalue weighted by Gasteiger charge is 2.27. The van der Waals surface area contributed by atoms with Gasteiger partial charge in [0.2, 0.25) is 15.9 Å². The number of halogens is 1. The fourth-order valence-corrected chi connectivity index (χ4v) is 5.13. The second-order valence-electron chi connectivity index (χ2n) is 7.53. The lowest BCUT2D eigenvalue weighted by atomic mass is 10.1. The quantitative estimate of drug-likeness (QED) is 0.491. The molecule has 0 N–H and O–H groups in total. The molecule has 10 heteroatoms. The van der Waals surface area contributed by atoms with E-state index in [2.05, 4.69) is 10.2 Å². The molecule has 0 amide bonds. The van der Waals surface area contributed by atoms with Crippen LogP contribution in [0.2, 0.25) is 5.02 Å². The van der Waals surface area contributed by atoms with E-state index >= 15 is 0 Å². The van der Waals surface area contributed by atoms with Crippen LogP contribution in [-0.4, -0.2) is 42.0 Å². The summed E-state index contributed by atoms with van der Waals surface area (Å²) in [6, 6.07) is 11.4. The summed E-state index contributed by atoms with van der Waals surface area (Å²) in [6.07, 6.45) is 2.69. The molecule has 1 aliphatic rings. The van der Waals surface area contributed by atoms with E-state index in [-0.39, 0.29) is 28.8 Å². The molecule has 0 spiro atoms. The summed E-state index contributed by atoms with van der Waals surface area (Å²) in [5.74, 6) is -0.263. The van der Waals surface area contributed by atoms with E-state index in [1.54, 1.807) is 37.3 Å². The van der Waals surface area contributed by atoms with E-state index in [1.165, 1.54) is 16.4 Å². The van der Waals surface area contributed by atoms with Crippen LogP contribution in [0.15, 0.2) is 51.8 Å². The summed E-state index contributed by atoms with van der Waals surface area (Å²) < 4.78 is 38.2. The van der Waals surface area contributed by atoms with E-state index in [9.17, 15) is 13.2 Å². The topological polar surface area (TPSA) is 103 Å². The molecular formula is C22H22ClN3O5S. The minimum Gasteiger partial charge on any atom is -0.452 e. The number of hydrogen-bond acceptors (Lipinski definition) is 7. The summed E-state index contributed by atoms with van der Waals surface area (Å²) in [4.78, 5) is 12.8. The molecular weight excluding hydrogens is 454 g/mol. The van der Waals surface area contributed by atoms with Crippen LogP contribution >= 0.6 is 11.6 Å². The molecule has 1 saturated heterocycles. The van der Waals surface area contributed by atoms with Crippen molar-refractivity contribution in [3.05, 3.63) is 64.5 Å². The maximum Gasteiger partial charge on any atom is 0.338 e. The number of esters is 1. The van der Waals surface area contributed by atoms with Gasteiger partial charge in [0, 0.05) is 23.7 Å². The van der Waals surface area contributed by atoms with Gasteiger partial charge in [-0.05, 0) is 61.7 Å². The molecule has 1 aromatic heterocycles. The van der Waals surface area contributed by atoms with Gasteiger partial charge in [-0.3, -0.25) is 0 Å². The molecule has 0 unspecified atom stereocenters. The number of nitrogens with zero attached hydrogens (tertiary/aromatic N) is 3. The number of benzene rings is 2. The predicted octanol–water partition coefficient (Wildman–Crippen LogP) is 4.23. The van der Waals surface area contributed by atoms with Crippen molar-refractivity contribution in [3.63, 3.8) is 0 Å². The van der Waals surface area contributed by atoms with Crippen molar-refractivity contribution in [3.8, 4) is 11.5 Å². The van der Waals surface area contributed by atoms with Crippen molar-refractivity contribution in [1.29, 1.82) is 0 Å². The normalized spacial score (nSPS) is 14.9. The van der Waals surface area contributed by atoms with Crippen LogP contribution in [0.1, 0.15) is 41.1 Å². The van der Waals surface area contributed by atoms with Gasteiger partial charge in [0.15, 0.2) is 6.61 Å². The number of aryl methyl sites for hydroxylation is 1. The average Bonchev–Trinajstić information content (AvgIpc) is 3.28. The predicted molar refractivity (Wildman–Crippen MR) is 118 cm³/mol. The lowest BCUT2D eigenvalue weighted by Crippen LogP contribution is -2.35. The van der Waals surface area contributed by atoms with Crippen molar-refractivity contribution in [2.24, 2.45) is 0 Å². The Morgan fingerprint density at radius 2 is 1.81 bits per heavy atom. The summed E-state index contributed by atoms with van der Waals surface area (Å²) in [6.45, 7) is 2.47. The van der Waals surface area contributed by atoms with Crippen LogP contribution in [-0.2, 0) is 21.4 Å². The van der Waals surface area contributed by atoms with Crippen LogP contribution in [0.25, 0.3) is 11.5 Å². The van der Waals surface area contributed by atoms with Gasteiger partial charge in [0.1, 0.15) is 0 Å². The van der Waals surface area contributed by atoms with Gasteiger partial charge in [-0.15, -0.1) is 10.2 Å². The molecule has 4 rings (SSSR count). The van der Waals surface area contributed by atoms with Crippen LogP contribution < -0.4 is 0 Å². The molecule has 168 valence electrons. The van der Waals surface area contributed by atoms with E-state index in [1.807, 2.05) is 0 Å². The fraction of sp³-hybridized carbons (Fsp3) is 0.318.